The van der Waals surface area contributed by atoms with Crippen molar-refractivity contribution in [1.29, 1.82) is 0 Å². The van der Waals surface area contributed by atoms with E-state index in [-0.39, 0.29) is 0 Å². The van der Waals surface area contributed by atoms with Crippen molar-refractivity contribution in [1.82, 2.24) is 0 Å². The molecule has 0 aromatic heterocycles. The van der Waals surface area contributed by atoms with E-state index >= 15 is 0 Å². The van der Waals surface area contributed by atoms with Gasteiger partial charge in [0.25, 0.3) is 0 Å². The van der Waals surface area contributed by atoms with Gasteiger partial charge in [0.05, 0.1) is 0 Å². The third-order valence-corrected chi connectivity index (χ3v) is 3.96. The number of benzene rings is 1. The monoisotopic (exact) mass is 232 g/mol. The summed E-state index contributed by atoms with van der Waals surface area (Å²) in [5, 5.41) is 0. The molecule has 1 aromatic carbocycles. The first-order valence-corrected chi connectivity index (χ1v) is 7.09. The van der Waals surface area contributed by atoms with E-state index in [1.54, 1.807) is 0 Å². The van der Waals surface area contributed by atoms with E-state index in [0.717, 1.165) is 18.1 Å². The maximum Gasteiger partial charge on any atom is 0.120 e. The molecule has 94 valence electrons. The lowest BCUT2D eigenvalue weighted by molar-refractivity contribution is 0.0903. The van der Waals surface area contributed by atoms with Gasteiger partial charge in [-0.2, -0.15) is 0 Å². The zero-order chi connectivity index (χ0) is 12.1. The third-order valence-electron chi connectivity index (χ3n) is 3.96. The highest BCUT2D eigenvalue weighted by Gasteiger charge is 2.25. The van der Waals surface area contributed by atoms with Crippen LogP contribution in [0.2, 0.25) is 0 Å². The fourth-order valence-electron chi connectivity index (χ4n) is 2.81. The SMILES string of the molecule is CCc1cccc(OC2CCCCC2CC)c1. The van der Waals surface area contributed by atoms with Crippen LogP contribution in [0.25, 0.3) is 0 Å². The lowest BCUT2D eigenvalue weighted by Crippen LogP contribution is -2.29. The van der Waals surface area contributed by atoms with Gasteiger partial charge in [-0.25, -0.2) is 0 Å². The van der Waals surface area contributed by atoms with Crippen molar-refractivity contribution in [2.75, 3.05) is 0 Å². The van der Waals surface area contributed by atoms with E-state index in [4.69, 9.17) is 4.74 Å². The number of hydrogen-bond acceptors (Lipinski definition) is 1. The molecule has 1 aliphatic carbocycles. The molecule has 2 rings (SSSR count). The Kier molecular flexibility index (Phi) is 4.47. The molecule has 17 heavy (non-hydrogen) atoms. The number of rotatable bonds is 4. The third kappa shape index (κ3) is 3.24. The molecular formula is C16H24O. The molecule has 2 atom stereocenters. The van der Waals surface area contributed by atoms with E-state index in [2.05, 4.69) is 38.1 Å². The number of aryl methyl sites for hydroxylation is 1. The molecule has 1 nitrogen and oxygen atoms in total. The van der Waals surface area contributed by atoms with Crippen LogP contribution < -0.4 is 4.74 Å². The molecule has 1 heteroatoms. The van der Waals surface area contributed by atoms with Crippen LogP contribution in [0.3, 0.4) is 0 Å². The van der Waals surface area contributed by atoms with E-state index < -0.39 is 0 Å². The normalized spacial score (nSPS) is 24.6. The first-order valence-electron chi connectivity index (χ1n) is 7.09. The molecule has 1 aromatic rings. The lowest BCUT2D eigenvalue weighted by atomic mass is 9.85. The molecule has 1 saturated carbocycles. The Morgan fingerprint density at radius 2 is 2.00 bits per heavy atom. The van der Waals surface area contributed by atoms with Gasteiger partial charge in [-0.1, -0.05) is 32.4 Å². The molecule has 2 unspecified atom stereocenters. The Bertz CT molecular complexity index is 345. The van der Waals surface area contributed by atoms with Crippen LogP contribution in [0.1, 0.15) is 51.5 Å². The van der Waals surface area contributed by atoms with Gasteiger partial charge in [0.15, 0.2) is 0 Å². The van der Waals surface area contributed by atoms with Crippen LogP contribution in [0.15, 0.2) is 24.3 Å². The van der Waals surface area contributed by atoms with Crippen molar-refractivity contribution in [2.24, 2.45) is 5.92 Å². The molecule has 0 bridgehead atoms. The summed E-state index contributed by atoms with van der Waals surface area (Å²) < 4.78 is 6.20. The first kappa shape index (κ1) is 12.5. The standard InChI is InChI=1S/C16H24O/c1-3-13-8-7-10-15(12-13)17-16-11-6-5-9-14(16)4-2/h7-8,10,12,14,16H,3-6,9,11H2,1-2H3. The highest BCUT2D eigenvalue weighted by molar-refractivity contribution is 5.28. The molecule has 0 N–H and O–H groups in total. The fourth-order valence-corrected chi connectivity index (χ4v) is 2.81. The van der Waals surface area contributed by atoms with Crippen LogP contribution in [-0.2, 0) is 6.42 Å². The van der Waals surface area contributed by atoms with Crippen molar-refractivity contribution in [3.63, 3.8) is 0 Å². The quantitative estimate of drug-likeness (QED) is 0.737. The largest absolute Gasteiger partial charge is 0.490 e. The second-order valence-corrected chi connectivity index (χ2v) is 5.11. The Hall–Kier alpha value is -0.980. The summed E-state index contributed by atoms with van der Waals surface area (Å²) in [5.74, 6) is 1.82. The highest BCUT2D eigenvalue weighted by atomic mass is 16.5. The zero-order valence-electron chi connectivity index (χ0n) is 11.1. The summed E-state index contributed by atoms with van der Waals surface area (Å²) in [7, 11) is 0. The Balaban J connectivity index is 2.02. The van der Waals surface area contributed by atoms with Gasteiger partial charge in [0, 0.05) is 0 Å². The summed E-state index contributed by atoms with van der Waals surface area (Å²) >= 11 is 0. The van der Waals surface area contributed by atoms with Crippen molar-refractivity contribution in [2.45, 2.75) is 58.5 Å². The maximum absolute atomic E-state index is 6.20. The van der Waals surface area contributed by atoms with Crippen LogP contribution >= 0.6 is 0 Å². The summed E-state index contributed by atoms with van der Waals surface area (Å²) in [4.78, 5) is 0. The Labute approximate surface area is 105 Å². The van der Waals surface area contributed by atoms with E-state index in [0.29, 0.717) is 6.10 Å². The Morgan fingerprint density at radius 1 is 1.18 bits per heavy atom. The maximum atomic E-state index is 6.20. The predicted molar refractivity (Wildman–Crippen MR) is 72.5 cm³/mol. The van der Waals surface area contributed by atoms with Gasteiger partial charge in [-0.15, -0.1) is 0 Å². The van der Waals surface area contributed by atoms with Crippen LogP contribution in [-0.4, -0.2) is 6.10 Å². The van der Waals surface area contributed by atoms with Gasteiger partial charge < -0.3 is 4.74 Å². The van der Waals surface area contributed by atoms with E-state index in [1.807, 2.05) is 0 Å². The van der Waals surface area contributed by atoms with Crippen LogP contribution in [0.4, 0.5) is 0 Å². The number of ether oxygens (including phenoxy) is 1. The predicted octanol–water partition coefficient (Wildman–Crippen LogP) is 4.60. The highest BCUT2D eigenvalue weighted by Crippen LogP contribution is 2.30. The fraction of sp³-hybridized carbons (Fsp3) is 0.625. The van der Waals surface area contributed by atoms with Gasteiger partial charge in [0.2, 0.25) is 0 Å². The Morgan fingerprint density at radius 3 is 2.76 bits per heavy atom. The van der Waals surface area contributed by atoms with Gasteiger partial charge in [0.1, 0.15) is 11.9 Å². The van der Waals surface area contributed by atoms with Crippen LogP contribution in [0, 0.1) is 5.92 Å². The molecule has 0 saturated heterocycles. The molecule has 0 heterocycles. The first-order chi connectivity index (χ1) is 8.33. The van der Waals surface area contributed by atoms with Gasteiger partial charge in [-0.05, 0) is 55.7 Å². The molecule has 0 radical (unpaired) electrons. The molecule has 1 fully saturated rings. The lowest BCUT2D eigenvalue weighted by Gasteiger charge is -2.31. The van der Waals surface area contributed by atoms with E-state index in [1.165, 1.54) is 37.7 Å². The van der Waals surface area contributed by atoms with E-state index in [9.17, 15) is 0 Å². The molecule has 0 amide bonds. The topological polar surface area (TPSA) is 9.23 Å². The number of hydrogen-bond donors (Lipinski definition) is 0. The second kappa shape index (κ2) is 6.09. The van der Waals surface area contributed by atoms with Crippen molar-refractivity contribution in [3.05, 3.63) is 29.8 Å². The van der Waals surface area contributed by atoms with Gasteiger partial charge >= 0.3 is 0 Å². The average Bonchev–Trinajstić information content (AvgIpc) is 2.39. The van der Waals surface area contributed by atoms with Crippen molar-refractivity contribution in [3.8, 4) is 5.75 Å². The molecular weight excluding hydrogens is 208 g/mol. The van der Waals surface area contributed by atoms with Crippen molar-refractivity contribution < 1.29 is 4.74 Å². The minimum Gasteiger partial charge on any atom is -0.490 e. The second-order valence-electron chi connectivity index (χ2n) is 5.11. The summed E-state index contributed by atoms with van der Waals surface area (Å²) in [5.41, 5.74) is 1.37. The van der Waals surface area contributed by atoms with Crippen LogP contribution in [0.5, 0.6) is 5.75 Å². The van der Waals surface area contributed by atoms with Crippen molar-refractivity contribution >= 4 is 0 Å². The minimum absolute atomic E-state index is 0.445. The molecule has 0 aliphatic heterocycles. The average molecular weight is 232 g/mol. The zero-order valence-corrected chi connectivity index (χ0v) is 11.1. The molecule has 0 spiro atoms. The summed E-state index contributed by atoms with van der Waals surface area (Å²) in [6, 6.07) is 8.57. The van der Waals surface area contributed by atoms with Gasteiger partial charge in [-0.3, -0.25) is 0 Å². The molecule has 1 aliphatic rings. The minimum atomic E-state index is 0.445. The smallest absolute Gasteiger partial charge is 0.120 e. The summed E-state index contributed by atoms with van der Waals surface area (Å²) in [6.07, 6.45) is 8.06. The summed E-state index contributed by atoms with van der Waals surface area (Å²) in [6.45, 7) is 4.48.